The number of hydrazone groups is 1. The van der Waals surface area contributed by atoms with Gasteiger partial charge in [-0.1, -0.05) is 48.9 Å². The second-order valence-corrected chi connectivity index (χ2v) is 8.29. The van der Waals surface area contributed by atoms with E-state index < -0.39 is 0 Å². The molecule has 34 heavy (non-hydrogen) atoms. The Morgan fingerprint density at radius 3 is 2.62 bits per heavy atom. The van der Waals surface area contributed by atoms with Crippen LogP contribution < -0.4 is 10.1 Å². The van der Waals surface area contributed by atoms with Crippen molar-refractivity contribution >= 4 is 17.6 Å². The summed E-state index contributed by atoms with van der Waals surface area (Å²) >= 11 is 0. The molecule has 1 N–H and O–H groups in total. The SMILES string of the molecule is CCCNC(=O)N(CCOC)CC(=O)N1N=C(c2cccc(OC)c2)C[C@@H]1c1ccc(C)cc1. The Morgan fingerprint density at radius 1 is 1.18 bits per heavy atom. The second-order valence-electron chi connectivity index (χ2n) is 8.29. The maximum absolute atomic E-state index is 13.5. The van der Waals surface area contributed by atoms with Crippen molar-refractivity contribution in [2.45, 2.75) is 32.7 Å². The quantitative estimate of drug-likeness (QED) is 0.578. The van der Waals surface area contributed by atoms with Crippen LogP contribution in [0, 0.1) is 6.92 Å². The Balaban J connectivity index is 1.88. The third kappa shape index (κ3) is 6.35. The predicted molar refractivity (Wildman–Crippen MR) is 132 cm³/mol. The molecule has 2 aromatic carbocycles. The van der Waals surface area contributed by atoms with E-state index in [1.807, 2.05) is 62.4 Å². The van der Waals surface area contributed by atoms with Gasteiger partial charge in [-0.25, -0.2) is 9.80 Å². The molecule has 0 saturated carbocycles. The van der Waals surface area contributed by atoms with Crippen LogP contribution in [0.4, 0.5) is 4.79 Å². The van der Waals surface area contributed by atoms with Crippen LogP contribution in [0.25, 0.3) is 0 Å². The zero-order valence-corrected chi connectivity index (χ0v) is 20.4. The highest BCUT2D eigenvalue weighted by Crippen LogP contribution is 2.33. The maximum Gasteiger partial charge on any atom is 0.317 e. The highest BCUT2D eigenvalue weighted by Gasteiger charge is 2.34. The van der Waals surface area contributed by atoms with Gasteiger partial charge < -0.3 is 19.7 Å². The van der Waals surface area contributed by atoms with Crippen molar-refractivity contribution < 1.29 is 19.1 Å². The average molecular weight is 467 g/mol. The summed E-state index contributed by atoms with van der Waals surface area (Å²) in [5, 5.41) is 9.09. The summed E-state index contributed by atoms with van der Waals surface area (Å²) in [7, 11) is 3.20. The van der Waals surface area contributed by atoms with E-state index >= 15 is 0 Å². The van der Waals surface area contributed by atoms with Crippen molar-refractivity contribution in [2.75, 3.05) is 40.5 Å². The summed E-state index contributed by atoms with van der Waals surface area (Å²) < 4.78 is 10.5. The zero-order valence-electron chi connectivity index (χ0n) is 20.4. The highest BCUT2D eigenvalue weighted by molar-refractivity contribution is 6.03. The van der Waals surface area contributed by atoms with Crippen molar-refractivity contribution in [3.8, 4) is 5.75 Å². The lowest BCUT2D eigenvalue weighted by Crippen LogP contribution is -2.47. The lowest BCUT2D eigenvalue weighted by Gasteiger charge is -2.27. The topological polar surface area (TPSA) is 83.5 Å². The first-order chi connectivity index (χ1) is 16.5. The fourth-order valence-electron chi connectivity index (χ4n) is 3.80. The minimum Gasteiger partial charge on any atom is -0.497 e. The molecular formula is C26H34N4O4. The fraction of sp³-hybridized carbons (Fsp3) is 0.423. The van der Waals surface area contributed by atoms with Crippen molar-refractivity contribution in [3.05, 3.63) is 65.2 Å². The van der Waals surface area contributed by atoms with E-state index in [1.54, 1.807) is 14.2 Å². The molecule has 8 heteroatoms. The molecule has 0 radical (unpaired) electrons. The van der Waals surface area contributed by atoms with Gasteiger partial charge in [-0.3, -0.25) is 4.79 Å². The van der Waals surface area contributed by atoms with Gasteiger partial charge in [0.1, 0.15) is 12.3 Å². The molecule has 3 rings (SSSR count). The number of rotatable bonds is 10. The van der Waals surface area contributed by atoms with E-state index in [0.717, 1.165) is 34.6 Å². The minimum atomic E-state index is -0.282. The molecule has 2 aromatic rings. The Bertz CT molecular complexity index is 1010. The molecule has 1 aliphatic heterocycles. The maximum atomic E-state index is 13.5. The molecule has 0 aromatic heterocycles. The van der Waals surface area contributed by atoms with Crippen LogP contribution in [0.1, 0.15) is 42.5 Å². The number of methoxy groups -OCH3 is 2. The molecule has 1 atom stereocenters. The number of nitrogens with zero attached hydrogens (tertiary/aromatic N) is 3. The number of ether oxygens (including phenoxy) is 2. The third-order valence-corrected chi connectivity index (χ3v) is 5.74. The van der Waals surface area contributed by atoms with Gasteiger partial charge in [-0.2, -0.15) is 5.10 Å². The lowest BCUT2D eigenvalue weighted by molar-refractivity contribution is -0.133. The van der Waals surface area contributed by atoms with Gasteiger partial charge in [0.25, 0.3) is 5.91 Å². The van der Waals surface area contributed by atoms with Gasteiger partial charge in [0, 0.05) is 32.2 Å². The summed E-state index contributed by atoms with van der Waals surface area (Å²) in [6.45, 7) is 5.12. The van der Waals surface area contributed by atoms with E-state index in [2.05, 4.69) is 5.32 Å². The number of nitrogens with one attached hydrogen (secondary N) is 1. The Hall–Kier alpha value is -3.39. The van der Waals surface area contributed by atoms with Crippen LogP contribution in [0.15, 0.2) is 53.6 Å². The molecule has 0 aliphatic carbocycles. The van der Waals surface area contributed by atoms with Crippen molar-refractivity contribution in [3.63, 3.8) is 0 Å². The van der Waals surface area contributed by atoms with Crippen molar-refractivity contribution in [1.29, 1.82) is 0 Å². The standard InChI is InChI=1S/C26H34N4O4/c1-5-13-27-26(32)29(14-15-33-3)18-25(31)30-24(20-11-9-19(2)10-12-20)17-23(28-30)21-7-6-8-22(16-21)34-4/h6-12,16,24H,5,13-15,17-18H2,1-4H3,(H,27,32)/t24-/m1/s1. The fourth-order valence-corrected chi connectivity index (χ4v) is 3.80. The molecule has 1 aliphatic rings. The van der Waals surface area contributed by atoms with Crippen molar-refractivity contribution in [2.24, 2.45) is 5.10 Å². The summed E-state index contributed by atoms with van der Waals surface area (Å²) in [4.78, 5) is 27.6. The van der Waals surface area contributed by atoms with E-state index in [-0.39, 0.29) is 24.5 Å². The van der Waals surface area contributed by atoms with Gasteiger partial charge >= 0.3 is 6.03 Å². The number of hydrogen-bond acceptors (Lipinski definition) is 5. The predicted octanol–water partition coefficient (Wildman–Crippen LogP) is 3.75. The Morgan fingerprint density at radius 2 is 1.94 bits per heavy atom. The molecule has 0 spiro atoms. The first kappa shape index (κ1) is 25.2. The molecule has 182 valence electrons. The van der Waals surface area contributed by atoms with Gasteiger partial charge in [-0.15, -0.1) is 0 Å². The average Bonchev–Trinajstić information content (AvgIpc) is 3.31. The number of carbonyl (C=O) groups excluding carboxylic acids is 2. The number of carbonyl (C=O) groups is 2. The number of benzene rings is 2. The van der Waals surface area contributed by atoms with E-state index in [9.17, 15) is 9.59 Å². The Labute approximate surface area is 201 Å². The number of urea groups is 1. The van der Waals surface area contributed by atoms with Crippen LogP contribution in [0.3, 0.4) is 0 Å². The molecule has 0 saturated heterocycles. The van der Waals surface area contributed by atoms with E-state index in [4.69, 9.17) is 14.6 Å². The van der Waals surface area contributed by atoms with Crippen LogP contribution in [-0.2, 0) is 9.53 Å². The van der Waals surface area contributed by atoms with E-state index in [1.165, 1.54) is 9.91 Å². The summed E-state index contributed by atoms with van der Waals surface area (Å²) in [6, 6.07) is 15.3. The van der Waals surface area contributed by atoms with Gasteiger partial charge in [0.15, 0.2) is 0 Å². The Kier molecular flexibility index (Phi) is 9.04. The second kappa shape index (κ2) is 12.2. The highest BCUT2D eigenvalue weighted by atomic mass is 16.5. The monoisotopic (exact) mass is 466 g/mol. The van der Waals surface area contributed by atoms with Crippen LogP contribution >= 0.6 is 0 Å². The molecule has 3 amide bonds. The van der Waals surface area contributed by atoms with Gasteiger partial charge in [0.05, 0.1) is 25.5 Å². The number of amides is 3. The smallest absolute Gasteiger partial charge is 0.317 e. The van der Waals surface area contributed by atoms with Crippen LogP contribution in [0.2, 0.25) is 0 Å². The lowest BCUT2D eigenvalue weighted by atomic mass is 9.97. The summed E-state index contributed by atoms with van der Waals surface area (Å²) in [6.07, 6.45) is 1.38. The summed E-state index contributed by atoms with van der Waals surface area (Å²) in [5.41, 5.74) is 3.85. The largest absolute Gasteiger partial charge is 0.497 e. The molecule has 0 bridgehead atoms. The van der Waals surface area contributed by atoms with Gasteiger partial charge in [-0.05, 0) is 31.0 Å². The van der Waals surface area contributed by atoms with E-state index in [0.29, 0.717) is 26.1 Å². The zero-order chi connectivity index (χ0) is 24.5. The first-order valence-corrected chi connectivity index (χ1v) is 11.6. The first-order valence-electron chi connectivity index (χ1n) is 11.6. The molecular weight excluding hydrogens is 432 g/mol. The minimum absolute atomic E-state index is 0.0871. The molecule has 0 fully saturated rings. The molecule has 8 nitrogen and oxygen atoms in total. The van der Waals surface area contributed by atoms with Crippen LogP contribution in [-0.4, -0.2) is 68.0 Å². The molecule has 1 heterocycles. The number of hydrogen-bond donors (Lipinski definition) is 1. The van der Waals surface area contributed by atoms with Crippen LogP contribution in [0.5, 0.6) is 5.75 Å². The number of aryl methyl sites for hydroxylation is 1. The van der Waals surface area contributed by atoms with Gasteiger partial charge in [0.2, 0.25) is 0 Å². The molecule has 0 unspecified atom stereocenters. The third-order valence-electron chi connectivity index (χ3n) is 5.74. The normalized spacial score (nSPS) is 15.1. The summed E-state index contributed by atoms with van der Waals surface area (Å²) in [5.74, 6) is 0.487. The van der Waals surface area contributed by atoms with Crippen molar-refractivity contribution in [1.82, 2.24) is 15.2 Å².